The summed E-state index contributed by atoms with van der Waals surface area (Å²) in [6, 6.07) is 0.263. The molecule has 0 spiro atoms. The van der Waals surface area contributed by atoms with Gasteiger partial charge in [-0.05, 0) is 13.5 Å². The summed E-state index contributed by atoms with van der Waals surface area (Å²) < 4.78 is 0. The van der Waals surface area contributed by atoms with Crippen LogP contribution in [0.2, 0.25) is 0 Å². The summed E-state index contributed by atoms with van der Waals surface area (Å²) in [6.45, 7) is 6.48. The first-order valence-corrected chi connectivity index (χ1v) is 6.95. The van der Waals surface area contributed by atoms with Crippen LogP contribution in [0.25, 0.3) is 0 Å². The first-order chi connectivity index (χ1) is 8.99. The highest BCUT2D eigenvalue weighted by atomic mass is 16.2. The van der Waals surface area contributed by atoms with Crippen LogP contribution < -0.4 is 0 Å². The number of hydrogen-bond acceptors (Lipinski definition) is 3. The molecule has 2 fully saturated rings. The fourth-order valence-electron chi connectivity index (χ4n) is 2.72. The number of piperazine rings is 1. The molecule has 2 aliphatic heterocycles. The highest BCUT2D eigenvalue weighted by molar-refractivity contribution is 5.76. The number of urea groups is 1. The second kappa shape index (κ2) is 5.77. The van der Waals surface area contributed by atoms with Gasteiger partial charge in [-0.15, -0.1) is 0 Å². The zero-order valence-corrected chi connectivity index (χ0v) is 12.1. The Kier molecular flexibility index (Phi) is 4.29. The van der Waals surface area contributed by atoms with E-state index in [0.29, 0.717) is 6.54 Å². The van der Waals surface area contributed by atoms with Crippen LogP contribution >= 0.6 is 0 Å². The van der Waals surface area contributed by atoms with E-state index in [1.54, 1.807) is 6.92 Å². The van der Waals surface area contributed by atoms with E-state index in [4.69, 9.17) is 0 Å². The lowest BCUT2D eigenvalue weighted by atomic mass is 10.2. The molecule has 0 aliphatic carbocycles. The Hall–Kier alpha value is -1.30. The maximum absolute atomic E-state index is 12.4. The molecular formula is C13H24N4O2. The second-order valence-corrected chi connectivity index (χ2v) is 5.59. The number of hydrogen-bond donors (Lipinski definition) is 0. The van der Waals surface area contributed by atoms with Crippen molar-refractivity contribution in [2.45, 2.75) is 19.4 Å². The van der Waals surface area contributed by atoms with E-state index in [9.17, 15) is 9.59 Å². The zero-order valence-electron chi connectivity index (χ0n) is 12.1. The van der Waals surface area contributed by atoms with Crippen molar-refractivity contribution in [3.63, 3.8) is 0 Å². The van der Waals surface area contributed by atoms with Crippen molar-refractivity contribution in [1.29, 1.82) is 0 Å². The standard InChI is InChI=1S/C13H24N4O2/c1-11(18)17-5-4-12(10-17)15(3)13(19)16-8-6-14(2)7-9-16/h12H,4-10H2,1-3H3. The molecule has 0 aromatic heterocycles. The third kappa shape index (κ3) is 3.18. The number of amides is 3. The molecule has 0 aromatic rings. The zero-order chi connectivity index (χ0) is 14.0. The molecule has 1 atom stereocenters. The molecule has 2 rings (SSSR count). The van der Waals surface area contributed by atoms with E-state index in [-0.39, 0.29) is 18.0 Å². The molecule has 6 nitrogen and oxygen atoms in total. The van der Waals surface area contributed by atoms with Gasteiger partial charge in [0.05, 0.1) is 6.04 Å². The molecule has 3 amide bonds. The summed E-state index contributed by atoms with van der Waals surface area (Å²) in [5, 5.41) is 0. The fraction of sp³-hybridized carbons (Fsp3) is 0.846. The van der Waals surface area contributed by atoms with E-state index in [0.717, 1.165) is 39.1 Å². The molecular weight excluding hydrogens is 244 g/mol. The molecule has 19 heavy (non-hydrogen) atoms. The van der Waals surface area contributed by atoms with Crippen molar-refractivity contribution < 1.29 is 9.59 Å². The minimum Gasteiger partial charge on any atom is -0.341 e. The first-order valence-electron chi connectivity index (χ1n) is 6.95. The van der Waals surface area contributed by atoms with E-state index in [1.807, 2.05) is 21.7 Å². The average Bonchev–Trinajstić information content (AvgIpc) is 2.87. The molecule has 0 aromatic carbocycles. The van der Waals surface area contributed by atoms with Crippen molar-refractivity contribution in [1.82, 2.24) is 19.6 Å². The molecule has 6 heteroatoms. The number of nitrogens with zero attached hydrogens (tertiary/aromatic N) is 4. The predicted molar refractivity (Wildman–Crippen MR) is 72.9 cm³/mol. The van der Waals surface area contributed by atoms with Gasteiger partial charge in [0, 0.05) is 53.2 Å². The lowest BCUT2D eigenvalue weighted by Crippen LogP contribution is -2.53. The van der Waals surface area contributed by atoms with Crippen LogP contribution in [0.3, 0.4) is 0 Å². The van der Waals surface area contributed by atoms with Gasteiger partial charge in [0.2, 0.25) is 5.91 Å². The largest absolute Gasteiger partial charge is 0.341 e. The summed E-state index contributed by atoms with van der Waals surface area (Å²) >= 11 is 0. The summed E-state index contributed by atoms with van der Waals surface area (Å²) in [5.41, 5.74) is 0. The minimum absolute atomic E-state index is 0.1000. The fourth-order valence-corrected chi connectivity index (χ4v) is 2.72. The minimum atomic E-state index is 0.1000. The monoisotopic (exact) mass is 268 g/mol. The maximum atomic E-state index is 12.4. The molecule has 0 bridgehead atoms. The Morgan fingerprint density at radius 3 is 2.21 bits per heavy atom. The Balaban J connectivity index is 1.87. The molecule has 0 N–H and O–H groups in total. The van der Waals surface area contributed by atoms with Crippen LogP contribution in [-0.2, 0) is 4.79 Å². The van der Waals surface area contributed by atoms with Gasteiger partial charge in [-0.2, -0.15) is 0 Å². The average molecular weight is 268 g/mol. The number of rotatable bonds is 1. The Morgan fingerprint density at radius 1 is 1.05 bits per heavy atom. The quantitative estimate of drug-likeness (QED) is 0.667. The Labute approximate surface area is 114 Å². The second-order valence-electron chi connectivity index (χ2n) is 5.59. The van der Waals surface area contributed by atoms with Gasteiger partial charge >= 0.3 is 6.03 Å². The molecule has 1 unspecified atom stereocenters. The van der Waals surface area contributed by atoms with Gasteiger partial charge < -0.3 is 19.6 Å². The van der Waals surface area contributed by atoms with Crippen LogP contribution in [0.4, 0.5) is 4.79 Å². The molecule has 0 saturated carbocycles. The van der Waals surface area contributed by atoms with Crippen molar-refractivity contribution in [2.75, 3.05) is 53.4 Å². The van der Waals surface area contributed by atoms with Crippen molar-refractivity contribution in [2.24, 2.45) is 0 Å². The Bertz CT molecular complexity index is 353. The number of likely N-dealkylation sites (N-methyl/N-ethyl adjacent to an activating group) is 2. The molecule has 2 aliphatic rings. The van der Waals surface area contributed by atoms with E-state index < -0.39 is 0 Å². The third-order valence-corrected chi connectivity index (χ3v) is 4.23. The van der Waals surface area contributed by atoms with Gasteiger partial charge in [0.1, 0.15) is 0 Å². The highest BCUT2D eigenvalue weighted by Crippen LogP contribution is 2.16. The van der Waals surface area contributed by atoms with E-state index in [2.05, 4.69) is 11.9 Å². The highest BCUT2D eigenvalue weighted by Gasteiger charge is 2.32. The topological polar surface area (TPSA) is 47.1 Å². The van der Waals surface area contributed by atoms with Crippen LogP contribution in [0, 0.1) is 0 Å². The van der Waals surface area contributed by atoms with E-state index >= 15 is 0 Å². The van der Waals surface area contributed by atoms with Gasteiger partial charge in [-0.25, -0.2) is 4.79 Å². The molecule has 2 saturated heterocycles. The van der Waals surface area contributed by atoms with Crippen LogP contribution in [-0.4, -0.2) is 90.9 Å². The molecule has 0 radical (unpaired) electrons. The van der Waals surface area contributed by atoms with Crippen molar-refractivity contribution >= 4 is 11.9 Å². The SMILES string of the molecule is CC(=O)N1CCC(N(C)C(=O)N2CCN(C)CC2)C1. The lowest BCUT2D eigenvalue weighted by Gasteiger charge is -2.36. The number of carbonyl (C=O) groups excluding carboxylic acids is 2. The normalized spacial score (nSPS) is 24.7. The first kappa shape index (κ1) is 14.1. The van der Waals surface area contributed by atoms with Gasteiger partial charge in [-0.1, -0.05) is 0 Å². The number of carbonyl (C=O) groups is 2. The summed E-state index contributed by atoms with van der Waals surface area (Å²) in [5.74, 6) is 0.1000. The lowest BCUT2D eigenvalue weighted by molar-refractivity contribution is -0.127. The Morgan fingerprint density at radius 2 is 1.68 bits per heavy atom. The van der Waals surface area contributed by atoms with Crippen LogP contribution in [0.15, 0.2) is 0 Å². The van der Waals surface area contributed by atoms with Crippen molar-refractivity contribution in [3.05, 3.63) is 0 Å². The molecule has 108 valence electrons. The van der Waals surface area contributed by atoms with Crippen LogP contribution in [0.1, 0.15) is 13.3 Å². The third-order valence-electron chi connectivity index (χ3n) is 4.23. The molecule has 2 heterocycles. The van der Waals surface area contributed by atoms with E-state index in [1.165, 1.54) is 0 Å². The van der Waals surface area contributed by atoms with Crippen molar-refractivity contribution in [3.8, 4) is 0 Å². The summed E-state index contributed by atoms with van der Waals surface area (Å²) in [7, 11) is 3.93. The smallest absolute Gasteiger partial charge is 0.320 e. The van der Waals surface area contributed by atoms with Crippen LogP contribution in [0.5, 0.6) is 0 Å². The summed E-state index contributed by atoms with van der Waals surface area (Å²) in [6.07, 6.45) is 0.884. The summed E-state index contributed by atoms with van der Waals surface area (Å²) in [4.78, 5) is 31.5. The van der Waals surface area contributed by atoms with Gasteiger partial charge in [0.25, 0.3) is 0 Å². The van der Waals surface area contributed by atoms with Gasteiger partial charge in [-0.3, -0.25) is 4.79 Å². The number of likely N-dealkylation sites (tertiary alicyclic amines) is 1. The van der Waals surface area contributed by atoms with Gasteiger partial charge in [0.15, 0.2) is 0 Å². The maximum Gasteiger partial charge on any atom is 0.320 e. The predicted octanol–water partition coefficient (Wildman–Crippen LogP) is -0.0936.